The second kappa shape index (κ2) is 8.50. The molecule has 0 aliphatic heterocycles. The lowest BCUT2D eigenvalue weighted by Gasteiger charge is -2.13. The van der Waals surface area contributed by atoms with Gasteiger partial charge in [-0.2, -0.15) is 0 Å². The van der Waals surface area contributed by atoms with Gasteiger partial charge in [0.15, 0.2) is 6.10 Å². The minimum absolute atomic E-state index is 0.281. The molecule has 0 fully saturated rings. The molecule has 0 bridgehead atoms. The highest BCUT2D eigenvalue weighted by molar-refractivity contribution is 7.21. The number of hydrogen-bond donors (Lipinski definition) is 1. The van der Waals surface area contributed by atoms with Gasteiger partial charge in [0, 0.05) is 16.6 Å². The number of fused-ring (bicyclic) bond motifs is 1. The van der Waals surface area contributed by atoms with E-state index in [0.717, 1.165) is 15.6 Å². The summed E-state index contributed by atoms with van der Waals surface area (Å²) < 4.78 is 19.0. The quantitative estimate of drug-likeness (QED) is 0.610. The molecule has 0 aliphatic carbocycles. The maximum atomic E-state index is 12.9. The number of nitrogens with one attached hydrogen (secondary N) is 1. The molecule has 1 heterocycles. The molecule has 140 valence electrons. The van der Waals surface area contributed by atoms with Crippen LogP contribution in [0.3, 0.4) is 0 Å². The number of thiophene rings is 1. The third-order valence-corrected chi connectivity index (χ3v) is 5.65. The number of halogens is 2. The van der Waals surface area contributed by atoms with Crippen molar-refractivity contribution in [3.63, 3.8) is 0 Å². The number of amides is 1. The van der Waals surface area contributed by atoms with Gasteiger partial charge in [-0.25, -0.2) is 9.18 Å². The van der Waals surface area contributed by atoms with Gasteiger partial charge >= 0.3 is 5.97 Å². The molecule has 1 atom stereocenters. The van der Waals surface area contributed by atoms with E-state index in [4.69, 9.17) is 16.3 Å². The lowest BCUT2D eigenvalue weighted by atomic mass is 10.1. The van der Waals surface area contributed by atoms with Crippen molar-refractivity contribution in [1.29, 1.82) is 0 Å². The first-order chi connectivity index (χ1) is 13.0. The number of ether oxygens (including phenoxy) is 1. The first kappa shape index (κ1) is 19.3. The molecule has 7 heteroatoms. The Morgan fingerprint density at radius 3 is 2.59 bits per heavy atom. The van der Waals surface area contributed by atoms with Gasteiger partial charge in [0.05, 0.1) is 5.02 Å². The molecule has 1 amide bonds. The number of benzene rings is 2. The predicted octanol–water partition coefficient (Wildman–Crippen LogP) is 4.60. The third-order valence-electron chi connectivity index (χ3n) is 4.00. The predicted molar refractivity (Wildman–Crippen MR) is 105 cm³/mol. The summed E-state index contributed by atoms with van der Waals surface area (Å²) in [7, 11) is 0. The Morgan fingerprint density at radius 2 is 1.89 bits per heavy atom. The summed E-state index contributed by atoms with van der Waals surface area (Å²) in [6.07, 6.45) is -0.401. The Labute approximate surface area is 164 Å². The van der Waals surface area contributed by atoms with Crippen molar-refractivity contribution in [2.45, 2.75) is 19.4 Å². The zero-order valence-corrected chi connectivity index (χ0v) is 16.1. The van der Waals surface area contributed by atoms with E-state index < -0.39 is 18.0 Å². The Hall–Kier alpha value is -2.44. The zero-order chi connectivity index (χ0) is 19.4. The molecule has 0 unspecified atom stereocenters. The van der Waals surface area contributed by atoms with E-state index >= 15 is 0 Å². The highest BCUT2D eigenvalue weighted by Crippen LogP contribution is 2.35. The minimum Gasteiger partial charge on any atom is -0.448 e. The van der Waals surface area contributed by atoms with Gasteiger partial charge in [0.25, 0.3) is 5.91 Å². The zero-order valence-electron chi connectivity index (χ0n) is 14.5. The SMILES string of the molecule is C[C@H](OC(=O)c1sc2ccccc2c1Cl)C(=O)NCCc1ccc(F)cc1. The van der Waals surface area contributed by atoms with E-state index in [1.54, 1.807) is 12.1 Å². The molecule has 1 aromatic heterocycles. The van der Waals surface area contributed by atoms with Crippen LogP contribution in [0.25, 0.3) is 10.1 Å². The van der Waals surface area contributed by atoms with E-state index in [1.165, 1.54) is 30.4 Å². The second-order valence-corrected chi connectivity index (χ2v) is 7.39. The summed E-state index contributed by atoms with van der Waals surface area (Å²) in [5.41, 5.74) is 0.901. The van der Waals surface area contributed by atoms with Crippen LogP contribution < -0.4 is 5.32 Å². The Morgan fingerprint density at radius 1 is 1.19 bits per heavy atom. The topological polar surface area (TPSA) is 55.4 Å². The number of carbonyl (C=O) groups is 2. The van der Waals surface area contributed by atoms with Crippen LogP contribution in [0.4, 0.5) is 4.39 Å². The molecular weight excluding hydrogens is 389 g/mol. The van der Waals surface area contributed by atoms with Crippen molar-refractivity contribution in [2.75, 3.05) is 6.54 Å². The summed E-state index contributed by atoms with van der Waals surface area (Å²) in [6, 6.07) is 13.5. The number of esters is 1. The highest BCUT2D eigenvalue weighted by atomic mass is 35.5. The van der Waals surface area contributed by atoms with Crippen LogP contribution in [0.15, 0.2) is 48.5 Å². The minimum atomic E-state index is -0.952. The monoisotopic (exact) mass is 405 g/mol. The van der Waals surface area contributed by atoms with Crippen LogP contribution in [0.5, 0.6) is 0 Å². The fraction of sp³-hybridized carbons (Fsp3) is 0.200. The van der Waals surface area contributed by atoms with Crippen molar-refractivity contribution >= 4 is 44.9 Å². The summed E-state index contributed by atoms with van der Waals surface area (Å²) >= 11 is 7.49. The molecule has 2 aromatic carbocycles. The van der Waals surface area contributed by atoms with Crippen LogP contribution in [-0.4, -0.2) is 24.5 Å². The Kier molecular flexibility index (Phi) is 6.08. The molecule has 0 saturated heterocycles. The summed E-state index contributed by atoms with van der Waals surface area (Å²) in [4.78, 5) is 24.8. The summed E-state index contributed by atoms with van der Waals surface area (Å²) in [5.74, 6) is -1.33. The molecule has 0 spiro atoms. The number of rotatable bonds is 6. The van der Waals surface area contributed by atoms with E-state index in [0.29, 0.717) is 18.0 Å². The van der Waals surface area contributed by atoms with Crippen LogP contribution in [-0.2, 0) is 16.0 Å². The van der Waals surface area contributed by atoms with Crippen LogP contribution in [0, 0.1) is 5.82 Å². The van der Waals surface area contributed by atoms with Crippen molar-refractivity contribution in [1.82, 2.24) is 5.32 Å². The summed E-state index contributed by atoms with van der Waals surface area (Å²) in [6.45, 7) is 1.86. The van der Waals surface area contributed by atoms with Gasteiger partial charge in [-0.05, 0) is 37.1 Å². The lowest BCUT2D eigenvalue weighted by molar-refractivity contribution is -0.129. The molecule has 4 nitrogen and oxygen atoms in total. The van der Waals surface area contributed by atoms with Crippen LogP contribution >= 0.6 is 22.9 Å². The van der Waals surface area contributed by atoms with Crippen LogP contribution in [0.1, 0.15) is 22.2 Å². The van der Waals surface area contributed by atoms with Crippen molar-refractivity contribution in [3.05, 3.63) is 69.8 Å². The van der Waals surface area contributed by atoms with Crippen molar-refractivity contribution < 1.29 is 18.7 Å². The first-order valence-electron chi connectivity index (χ1n) is 8.36. The molecule has 3 aromatic rings. The standard InChI is InChI=1S/C20H17ClFNO3S/c1-12(19(24)23-11-10-13-6-8-14(22)9-7-13)26-20(25)18-17(21)15-4-2-3-5-16(15)27-18/h2-9,12H,10-11H2,1H3,(H,23,24)/t12-/m0/s1. The normalized spacial score (nSPS) is 12.0. The molecule has 27 heavy (non-hydrogen) atoms. The van der Waals surface area contributed by atoms with Gasteiger partial charge in [0.1, 0.15) is 10.7 Å². The molecule has 0 radical (unpaired) electrons. The Balaban J connectivity index is 1.54. The Bertz CT molecular complexity index is 971. The van der Waals surface area contributed by atoms with Gasteiger partial charge in [-0.15, -0.1) is 11.3 Å². The molecule has 3 rings (SSSR count). The summed E-state index contributed by atoms with van der Waals surface area (Å²) in [5, 5.41) is 3.83. The van der Waals surface area contributed by atoms with Crippen LogP contribution in [0.2, 0.25) is 5.02 Å². The van der Waals surface area contributed by atoms with E-state index in [2.05, 4.69) is 5.32 Å². The average molecular weight is 406 g/mol. The fourth-order valence-electron chi connectivity index (χ4n) is 2.54. The maximum Gasteiger partial charge on any atom is 0.350 e. The van der Waals surface area contributed by atoms with Gasteiger partial charge < -0.3 is 10.1 Å². The van der Waals surface area contributed by atoms with E-state index in [9.17, 15) is 14.0 Å². The average Bonchev–Trinajstić information content (AvgIpc) is 3.00. The highest BCUT2D eigenvalue weighted by Gasteiger charge is 2.23. The smallest absolute Gasteiger partial charge is 0.350 e. The van der Waals surface area contributed by atoms with Crippen molar-refractivity contribution in [2.24, 2.45) is 0 Å². The van der Waals surface area contributed by atoms with Gasteiger partial charge in [-0.1, -0.05) is 41.9 Å². The second-order valence-electron chi connectivity index (χ2n) is 5.96. The first-order valence-corrected chi connectivity index (χ1v) is 9.55. The van der Waals surface area contributed by atoms with Gasteiger partial charge in [-0.3, -0.25) is 4.79 Å². The maximum absolute atomic E-state index is 12.9. The lowest BCUT2D eigenvalue weighted by Crippen LogP contribution is -2.36. The molecular formula is C20H17ClFNO3S. The van der Waals surface area contributed by atoms with E-state index in [1.807, 2.05) is 24.3 Å². The molecule has 1 N–H and O–H groups in total. The van der Waals surface area contributed by atoms with Crippen molar-refractivity contribution in [3.8, 4) is 0 Å². The third kappa shape index (κ3) is 4.64. The van der Waals surface area contributed by atoms with E-state index in [-0.39, 0.29) is 10.7 Å². The number of hydrogen-bond acceptors (Lipinski definition) is 4. The molecule has 0 saturated carbocycles. The largest absolute Gasteiger partial charge is 0.448 e. The fourth-order valence-corrected chi connectivity index (χ4v) is 3.93. The number of carbonyl (C=O) groups excluding carboxylic acids is 2. The molecule has 0 aliphatic rings. The van der Waals surface area contributed by atoms with Gasteiger partial charge in [0.2, 0.25) is 0 Å².